The monoisotopic (exact) mass is 947 g/mol. The molecule has 0 aliphatic carbocycles. The Balaban J connectivity index is 1.19. The molecule has 14 heteroatoms. The molecule has 4 amide bonds. The van der Waals surface area contributed by atoms with Crippen molar-refractivity contribution < 1.29 is 33.8 Å². The lowest BCUT2D eigenvalue weighted by atomic mass is 9.84. The smallest absolute Gasteiger partial charge is 0.404 e. The Morgan fingerprint density at radius 3 is 1.90 bits per heavy atom. The van der Waals surface area contributed by atoms with E-state index in [4.69, 9.17) is 15.2 Å². The largest absolute Gasteiger partial charge is 0.450 e. The number of aliphatic hydroxyl groups excluding tert-OH is 1. The van der Waals surface area contributed by atoms with Crippen LogP contribution < -0.4 is 16.4 Å². The molecule has 1 aromatic heterocycles. The fourth-order valence-corrected chi connectivity index (χ4v) is 11.3. The number of amides is 4. The Morgan fingerprint density at radius 1 is 0.806 bits per heavy atom. The van der Waals surface area contributed by atoms with Gasteiger partial charge in [0.2, 0.25) is 17.7 Å². The lowest BCUT2D eigenvalue weighted by molar-refractivity contribution is -0.142. The first-order valence-electron chi connectivity index (χ1n) is 23.3. The minimum absolute atomic E-state index is 0.0438. The Labute approximate surface area is 403 Å². The van der Waals surface area contributed by atoms with Gasteiger partial charge in [-0.2, -0.15) is 0 Å². The van der Waals surface area contributed by atoms with Crippen LogP contribution in [0.25, 0.3) is 10.4 Å². The first-order valence-corrected chi connectivity index (χ1v) is 25.0. The van der Waals surface area contributed by atoms with E-state index in [1.54, 1.807) is 23.1 Å². The van der Waals surface area contributed by atoms with Gasteiger partial charge in [-0.15, -0.1) is 23.1 Å². The molecule has 1 aliphatic rings. The number of aliphatic hydroxyl groups is 1. The average Bonchev–Trinajstić information content (AvgIpc) is 3.96. The fraction of sp³-hybridized carbons (Fsp3) is 0.415. The maximum atomic E-state index is 15.3. The lowest BCUT2D eigenvalue weighted by Gasteiger charge is -2.45. The standard InChI is InChI=1S/C53H65N5O7S2/c1-38-47(66-37-56-38)40-29-27-39(28-30-40)35-55-49(61)45-34-44(59)36-58(45)50(62)48(57-46(60)26-16-9-18-32-64-31-17-4-5-19-33-65-51(54)63)52(2,3)67-53(41-20-10-6-11-21-41,42-22-12-7-13-23-42)43-24-14-8-15-25-43/h6-8,10-15,20-25,27-30,37,44-45,48,59H,4-5,9,16-19,26,31-36H2,1-3H3,(H2,54,63)(H,55,61)(H,57,60)/t44-,45+,48-/m1/s1. The Morgan fingerprint density at radius 2 is 1.36 bits per heavy atom. The second-order valence-electron chi connectivity index (χ2n) is 17.6. The summed E-state index contributed by atoms with van der Waals surface area (Å²) in [5.41, 5.74) is 12.7. The molecule has 0 bridgehead atoms. The maximum absolute atomic E-state index is 15.3. The number of thioether (sulfide) groups is 1. The van der Waals surface area contributed by atoms with Crippen LogP contribution in [0.2, 0.25) is 0 Å². The van der Waals surface area contributed by atoms with E-state index in [-0.39, 0.29) is 37.7 Å². The number of carbonyl (C=O) groups excluding carboxylic acids is 4. The number of aromatic nitrogens is 1. The third kappa shape index (κ3) is 14.0. The molecular weight excluding hydrogens is 883 g/mol. The molecule has 356 valence electrons. The molecule has 2 heterocycles. The van der Waals surface area contributed by atoms with Crippen molar-refractivity contribution in [2.24, 2.45) is 5.73 Å². The van der Waals surface area contributed by atoms with Gasteiger partial charge < -0.3 is 35.8 Å². The number of benzene rings is 4. The summed E-state index contributed by atoms with van der Waals surface area (Å²) in [6.45, 7) is 7.68. The average molecular weight is 948 g/mol. The zero-order valence-electron chi connectivity index (χ0n) is 38.9. The van der Waals surface area contributed by atoms with Crippen molar-refractivity contribution in [2.75, 3.05) is 26.4 Å². The van der Waals surface area contributed by atoms with Gasteiger partial charge in [0.15, 0.2) is 0 Å². The number of nitrogens with one attached hydrogen (secondary N) is 2. The van der Waals surface area contributed by atoms with Gasteiger partial charge in [0.25, 0.3) is 0 Å². The number of thiazole rings is 1. The summed E-state index contributed by atoms with van der Waals surface area (Å²) in [7, 11) is 0. The first-order chi connectivity index (χ1) is 32.4. The number of ether oxygens (including phenoxy) is 2. The van der Waals surface area contributed by atoms with E-state index in [2.05, 4.69) is 52.0 Å². The molecule has 12 nitrogen and oxygen atoms in total. The number of aryl methyl sites for hydroxylation is 1. The van der Waals surface area contributed by atoms with Crippen LogP contribution in [0, 0.1) is 6.92 Å². The molecule has 5 N–H and O–H groups in total. The minimum atomic E-state index is -1.09. The Hall–Kier alpha value is -5.54. The number of hydrogen-bond donors (Lipinski definition) is 4. The topological polar surface area (TPSA) is 173 Å². The number of unbranched alkanes of at least 4 members (excludes halogenated alkanes) is 5. The van der Waals surface area contributed by atoms with Crippen molar-refractivity contribution >= 4 is 46.9 Å². The van der Waals surface area contributed by atoms with Crippen molar-refractivity contribution in [3.63, 3.8) is 0 Å². The van der Waals surface area contributed by atoms with E-state index in [1.165, 1.54) is 4.90 Å². The minimum Gasteiger partial charge on any atom is -0.450 e. The van der Waals surface area contributed by atoms with Crippen LogP contribution in [0.4, 0.5) is 4.79 Å². The van der Waals surface area contributed by atoms with Crippen LogP contribution in [0.1, 0.15) is 99.6 Å². The Kier molecular flexibility index (Phi) is 19.0. The molecule has 0 spiro atoms. The van der Waals surface area contributed by atoms with Crippen LogP contribution in [0.3, 0.4) is 0 Å². The summed E-state index contributed by atoms with van der Waals surface area (Å²) >= 11 is 3.17. The number of primary amides is 1. The number of nitrogens with two attached hydrogens (primary N) is 1. The maximum Gasteiger partial charge on any atom is 0.404 e. The molecule has 4 aromatic carbocycles. The molecule has 0 radical (unpaired) electrons. The SMILES string of the molecule is Cc1ncsc1-c1ccc(CNC(=O)[C@@H]2C[C@@H](O)CN2C(=O)[C@@H](NC(=O)CCCCCOCCCCCCOC(N)=O)C(C)(C)SC(c2ccccc2)(c2ccccc2)c2ccccc2)cc1. The van der Waals surface area contributed by atoms with E-state index in [9.17, 15) is 19.5 Å². The second kappa shape index (κ2) is 25.0. The van der Waals surface area contributed by atoms with Gasteiger partial charge in [-0.3, -0.25) is 14.4 Å². The Bertz CT molecular complexity index is 2230. The fourth-order valence-electron chi connectivity index (χ4n) is 8.65. The molecule has 1 saturated heterocycles. The zero-order chi connectivity index (χ0) is 47.7. The highest BCUT2D eigenvalue weighted by Gasteiger charge is 2.50. The molecule has 67 heavy (non-hydrogen) atoms. The third-order valence-corrected chi connectivity index (χ3v) is 14.9. The van der Waals surface area contributed by atoms with Crippen LogP contribution in [-0.4, -0.2) is 88.1 Å². The van der Waals surface area contributed by atoms with E-state index in [0.29, 0.717) is 26.2 Å². The second-order valence-corrected chi connectivity index (χ2v) is 20.3. The zero-order valence-corrected chi connectivity index (χ0v) is 40.5. The number of likely N-dealkylation sites (tertiary alicyclic amines) is 1. The molecule has 6 rings (SSSR count). The summed E-state index contributed by atoms with van der Waals surface area (Å²) in [4.78, 5) is 61.1. The van der Waals surface area contributed by atoms with Crippen LogP contribution in [-0.2, 0) is 35.1 Å². The highest BCUT2D eigenvalue weighted by atomic mass is 32.2. The van der Waals surface area contributed by atoms with Crippen molar-refractivity contribution in [1.82, 2.24) is 20.5 Å². The van der Waals surface area contributed by atoms with Crippen LogP contribution >= 0.6 is 23.1 Å². The number of rotatable bonds is 25. The van der Waals surface area contributed by atoms with E-state index >= 15 is 4.79 Å². The number of β-amino-alcohol motifs (C(OH)–C–C–N with tert-alkyl or cyclic N) is 1. The van der Waals surface area contributed by atoms with Crippen molar-refractivity contribution in [3.8, 4) is 10.4 Å². The lowest BCUT2D eigenvalue weighted by Crippen LogP contribution is -2.60. The van der Waals surface area contributed by atoms with E-state index < -0.39 is 39.7 Å². The van der Waals surface area contributed by atoms with E-state index in [1.807, 2.05) is 105 Å². The predicted molar refractivity (Wildman–Crippen MR) is 266 cm³/mol. The van der Waals surface area contributed by atoms with E-state index in [0.717, 1.165) is 76.9 Å². The third-order valence-electron chi connectivity index (χ3n) is 12.1. The van der Waals surface area contributed by atoms with Gasteiger partial charge in [-0.25, -0.2) is 9.78 Å². The summed E-state index contributed by atoms with van der Waals surface area (Å²) in [5, 5.41) is 17.3. The summed E-state index contributed by atoms with van der Waals surface area (Å²) in [6.07, 6.45) is 4.32. The molecule has 0 unspecified atom stereocenters. The number of carbonyl (C=O) groups is 4. The molecule has 5 aromatic rings. The summed E-state index contributed by atoms with van der Waals surface area (Å²) < 4.78 is 8.77. The van der Waals surface area contributed by atoms with Crippen molar-refractivity contribution in [3.05, 3.63) is 149 Å². The number of nitrogens with zero attached hydrogens (tertiary/aromatic N) is 2. The van der Waals surface area contributed by atoms with Gasteiger partial charge in [-0.05, 0) is 80.7 Å². The van der Waals surface area contributed by atoms with Crippen LogP contribution in [0.15, 0.2) is 121 Å². The summed E-state index contributed by atoms with van der Waals surface area (Å²) in [5.74, 6) is -1.06. The highest BCUT2D eigenvalue weighted by molar-refractivity contribution is 8.02. The molecule has 0 saturated carbocycles. The first kappa shape index (κ1) is 50.9. The highest BCUT2D eigenvalue weighted by Crippen LogP contribution is 2.54. The molecule has 1 aliphatic heterocycles. The van der Waals surface area contributed by atoms with Crippen LogP contribution in [0.5, 0.6) is 0 Å². The quantitative estimate of drug-likeness (QED) is 0.0329. The molecule has 1 fully saturated rings. The predicted octanol–water partition coefficient (Wildman–Crippen LogP) is 8.92. The van der Waals surface area contributed by atoms with Gasteiger partial charge in [0.1, 0.15) is 12.1 Å². The van der Waals surface area contributed by atoms with Gasteiger partial charge in [0, 0.05) is 43.9 Å². The van der Waals surface area contributed by atoms with Crippen molar-refractivity contribution in [2.45, 2.75) is 113 Å². The normalized spacial score (nSPS) is 15.5. The van der Waals surface area contributed by atoms with Gasteiger partial charge in [-0.1, -0.05) is 128 Å². The van der Waals surface area contributed by atoms with Crippen molar-refractivity contribution in [1.29, 1.82) is 0 Å². The molecule has 3 atom stereocenters. The number of hydrogen-bond acceptors (Lipinski definition) is 10. The van der Waals surface area contributed by atoms with Gasteiger partial charge in [0.05, 0.1) is 33.5 Å². The molecular formula is C53H65N5O7S2. The summed E-state index contributed by atoms with van der Waals surface area (Å²) in [6, 6.07) is 36.5. The van der Waals surface area contributed by atoms with Gasteiger partial charge >= 0.3 is 6.09 Å².